The van der Waals surface area contributed by atoms with Crippen molar-refractivity contribution in [2.75, 3.05) is 39.2 Å². The molecule has 0 aliphatic rings. The number of sulfonamides is 1. The van der Waals surface area contributed by atoms with Crippen molar-refractivity contribution in [1.29, 1.82) is 0 Å². The second-order valence-corrected chi connectivity index (χ2v) is 5.80. The normalized spacial score (nSPS) is 13.2. The maximum Gasteiger partial charge on any atom is 0.244 e. The van der Waals surface area contributed by atoms with Gasteiger partial charge in [0, 0.05) is 39.7 Å². The Morgan fingerprint density at radius 1 is 1.40 bits per heavy atom. The SMILES string of the molecule is CCNc1ccncc1S(=O)(=O)NCC(COC)OC. The third-order valence-electron chi connectivity index (χ3n) is 2.63. The summed E-state index contributed by atoms with van der Waals surface area (Å²) < 4.78 is 37.1. The minimum absolute atomic E-state index is 0.120. The highest BCUT2D eigenvalue weighted by atomic mass is 32.2. The van der Waals surface area contributed by atoms with Crippen LogP contribution in [0.15, 0.2) is 23.4 Å². The zero-order valence-electron chi connectivity index (χ0n) is 11.9. The molecule has 1 heterocycles. The average molecular weight is 303 g/mol. The minimum atomic E-state index is -3.65. The Morgan fingerprint density at radius 2 is 2.15 bits per heavy atom. The van der Waals surface area contributed by atoms with E-state index in [0.717, 1.165) is 0 Å². The van der Waals surface area contributed by atoms with Crippen molar-refractivity contribution in [2.24, 2.45) is 0 Å². The maximum absolute atomic E-state index is 12.3. The summed E-state index contributed by atoms with van der Waals surface area (Å²) in [5, 5.41) is 2.99. The number of hydrogen-bond donors (Lipinski definition) is 2. The quantitative estimate of drug-likeness (QED) is 0.688. The highest BCUT2D eigenvalue weighted by molar-refractivity contribution is 7.89. The fraction of sp³-hybridized carbons (Fsp3) is 0.583. The molecular weight excluding hydrogens is 282 g/mol. The highest BCUT2D eigenvalue weighted by Crippen LogP contribution is 2.18. The van der Waals surface area contributed by atoms with E-state index >= 15 is 0 Å². The van der Waals surface area contributed by atoms with Gasteiger partial charge in [0.1, 0.15) is 4.90 Å². The first-order valence-corrected chi connectivity index (χ1v) is 7.72. The number of aromatic nitrogens is 1. The molecule has 114 valence electrons. The molecule has 1 aromatic heterocycles. The summed E-state index contributed by atoms with van der Waals surface area (Å²) in [6.45, 7) is 2.96. The average Bonchev–Trinajstić information content (AvgIpc) is 2.44. The van der Waals surface area contributed by atoms with Gasteiger partial charge in [-0.2, -0.15) is 0 Å². The lowest BCUT2D eigenvalue weighted by Gasteiger charge is -2.16. The molecule has 1 aromatic rings. The molecule has 1 rings (SSSR count). The third kappa shape index (κ3) is 4.71. The maximum atomic E-state index is 12.3. The Balaban J connectivity index is 2.83. The Bertz CT molecular complexity index is 507. The number of hydrogen-bond acceptors (Lipinski definition) is 6. The topological polar surface area (TPSA) is 89.6 Å². The lowest BCUT2D eigenvalue weighted by Crippen LogP contribution is -2.35. The molecule has 8 heteroatoms. The first-order chi connectivity index (χ1) is 9.55. The lowest BCUT2D eigenvalue weighted by atomic mass is 10.4. The van der Waals surface area contributed by atoms with Crippen LogP contribution in [0.25, 0.3) is 0 Å². The molecule has 0 amide bonds. The van der Waals surface area contributed by atoms with Gasteiger partial charge >= 0.3 is 0 Å². The summed E-state index contributed by atoms with van der Waals surface area (Å²) in [7, 11) is -0.608. The van der Waals surface area contributed by atoms with Crippen molar-refractivity contribution >= 4 is 15.7 Å². The molecule has 0 bridgehead atoms. The van der Waals surface area contributed by atoms with Crippen LogP contribution in [-0.2, 0) is 19.5 Å². The van der Waals surface area contributed by atoms with Crippen LogP contribution in [0.4, 0.5) is 5.69 Å². The smallest absolute Gasteiger partial charge is 0.244 e. The van der Waals surface area contributed by atoms with Crippen LogP contribution in [0.2, 0.25) is 0 Å². The Hall–Kier alpha value is -1.22. The number of nitrogens with one attached hydrogen (secondary N) is 2. The highest BCUT2D eigenvalue weighted by Gasteiger charge is 2.20. The van der Waals surface area contributed by atoms with E-state index in [4.69, 9.17) is 9.47 Å². The molecule has 1 atom stereocenters. The number of methoxy groups -OCH3 is 2. The fourth-order valence-electron chi connectivity index (χ4n) is 1.61. The van der Waals surface area contributed by atoms with Gasteiger partial charge in [-0.3, -0.25) is 4.98 Å². The molecule has 0 aliphatic heterocycles. The van der Waals surface area contributed by atoms with Gasteiger partial charge in [-0.15, -0.1) is 0 Å². The van der Waals surface area contributed by atoms with Gasteiger partial charge < -0.3 is 14.8 Å². The molecule has 0 aromatic carbocycles. The summed E-state index contributed by atoms with van der Waals surface area (Å²) in [5.74, 6) is 0. The summed E-state index contributed by atoms with van der Waals surface area (Å²) in [5.41, 5.74) is 0.524. The Labute approximate surface area is 119 Å². The molecule has 0 saturated carbocycles. The molecule has 0 saturated heterocycles. The second-order valence-electron chi connectivity index (χ2n) is 4.07. The Morgan fingerprint density at radius 3 is 2.75 bits per heavy atom. The number of nitrogens with zero attached hydrogens (tertiary/aromatic N) is 1. The number of anilines is 1. The second kappa shape index (κ2) is 8.15. The van der Waals surface area contributed by atoms with Crippen molar-refractivity contribution in [2.45, 2.75) is 17.9 Å². The molecule has 20 heavy (non-hydrogen) atoms. The van der Waals surface area contributed by atoms with Gasteiger partial charge in [-0.25, -0.2) is 13.1 Å². The van der Waals surface area contributed by atoms with Gasteiger partial charge in [0.25, 0.3) is 0 Å². The third-order valence-corrected chi connectivity index (χ3v) is 4.08. The van der Waals surface area contributed by atoms with E-state index in [1.165, 1.54) is 20.4 Å². The van der Waals surface area contributed by atoms with Crippen LogP contribution in [0.1, 0.15) is 6.92 Å². The first kappa shape index (κ1) is 16.8. The van der Waals surface area contributed by atoms with E-state index in [-0.39, 0.29) is 17.5 Å². The van der Waals surface area contributed by atoms with E-state index in [0.29, 0.717) is 18.8 Å². The van der Waals surface area contributed by atoms with Crippen molar-refractivity contribution in [3.63, 3.8) is 0 Å². The summed E-state index contributed by atoms with van der Waals surface area (Å²) in [6, 6.07) is 1.63. The molecule has 7 nitrogen and oxygen atoms in total. The lowest BCUT2D eigenvalue weighted by molar-refractivity contribution is 0.0320. The van der Waals surface area contributed by atoms with Gasteiger partial charge in [0.15, 0.2) is 0 Å². The standard InChI is InChI=1S/C12H21N3O4S/c1-4-14-11-5-6-13-8-12(11)20(16,17)15-7-10(19-3)9-18-2/h5-6,8,10,15H,4,7,9H2,1-3H3,(H,13,14). The van der Waals surface area contributed by atoms with Crippen LogP contribution < -0.4 is 10.0 Å². The minimum Gasteiger partial charge on any atom is -0.384 e. The molecule has 1 unspecified atom stereocenters. The van der Waals surface area contributed by atoms with E-state index in [2.05, 4.69) is 15.0 Å². The molecule has 0 radical (unpaired) electrons. The van der Waals surface area contributed by atoms with E-state index in [1.807, 2.05) is 6.92 Å². The van der Waals surface area contributed by atoms with Gasteiger partial charge in [0.05, 0.1) is 18.4 Å². The largest absolute Gasteiger partial charge is 0.384 e. The monoisotopic (exact) mass is 303 g/mol. The zero-order valence-corrected chi connectivity index (χ0v) is 12.7. The molecule has 0 aliphatic carbocycles. The van der Waals surface area contributed by atoms with E-state index < -0.39 is 10.0 Å². The van der Waals surface area contributed by atoms with Crippen molar-refractivity contribution in [3.8, 4) is 0 Å². The van der Waals surface area contributed by atoms with Crippen molar-refractivity contribution < 1.29 is 17.9 Å². The summed E-state index contributed by atoms with van der Waals surface area (Å²) in [4.78, 5) is 3.98. The molecule has 0 spiro atoms. The van der Waals surface area contributed by atoms with Crippen LogP contribution in [0.3, 0.4) is 0 Å². The number of rotatable bonds is 9. The van der Waals surface area contributed by atoms with Crippen LogP contribution in [0.5, 0.6) is 0 Å². The molecule has 2 N–H and O–H groups in total. The predicted octanol–water partition coefficient (Wildman–Crippen LogP) is 0.453. The van der Waals surface area contributed by atoms with Crippen LogP contribution in [-0.4, -0.2) is 53.4 Å². The zero-order chi connectivity index (χ0) is 15.0. The predicted molar refractivity (Wildman–Crippen MR) is 76.3 cm³/mol. The van der Waals surface area contributed by atoms with E-state index in [9.17, 15) is 8.42 Å². The van der Waals surface area contributed by atoms with E-state index in [1.54, 1.807) is 12.3 Å². The van der Waals surface area contributed by atoms with Gasteiger partial charge in [-0.1, -0.05) is 0 Å². The first-order valence-electron chi connectivity index (χ1n) is 6.24. The Kier molecular flexibility index (Phi) is 6.86. The van der Waals surface area contributed by atoms with Gasteiger partial charge in [0.2, 0.25) is 10.0 Å². The fourth-order valence-corrected chi connectivity index (χ4v) is 2.80. The number of pyridine rings is 1. The summed E-state index contributed by atoms with van der Waals surface area (Å²) in [6.07, 6.45) is 2.52. The molecular formula is C12H21N3O4S. The van der Waals surface area contributed by atoms with Crippen molar-refractivity contribution in [1.82, 2.24) is 9.71 Å². The number of ether oxygens (including phenoxy) is 2. The van der Waals surface area contributed by atoms with Crippen LogP contribution in [0, 0.1) is 0 Å². The summed E-state index contributed by atoms with van der Waals surface area (Å²) >= 11 is 0. The van der Waals surface area contributed by atoms with Crippen molar-refractivity contribution in [3.05, 3.63) is 18.5 Å². The van der Waals surface area contributed by atoms with Crippen LogP contribution >= 0.6 is 0 Å². The van der Waals surface area contributed by atoms with Gasteiger partial charge in [-0.05, 0) is 13.0 Å². The molecule has 0 fully saturated rings.